The van der Waals surface area contributed by atoms with Crippen molar-refractivity contribution in [1.29, 1.82) is 0 Å². The smallest absolute Gasteiger partial charge is 0.165 e. The molecular weight excluding hydrogens is 198 g/mol. The molecule has 1 aromatic rings. The van der Waals surface area contributed by atoms with Gasteiger partial charge in [0.25, 0.3) is 0 Å². The molecule has 1 aromatic carbocycles. The summed E-state index contributed by atoms with van der Waals surface area (Å²) in [6.07, 6.45) is 3.60. The van der Waals surface area contributed by atoms with E-state index in [9.17, 15) is 4.79 Å². The number of carbonyl (C=O) groups excluding carboxylic acids is 1. The molecule has 0 heterocycles. The number of fused-ring (bicyclic) bond motifs is 1. The van der Waals surface area contributed by atoms with Gasteiger partial charge in [-0.1, -0.05) is 0 Å². The highest BCUT2D eigenvalue weighted by atomic mass is 16.1. The molecule has 2 aliphatic carbocycles. The number of carbonyl (C=O) groups is 1. The fourth-order valence-corrected chi connectivity index (χ4v) is 2.99. The zero-order chi connectivity index (χ0) is 11.3. The van der Waals surface area contributed by atoms with Gasteiger partial charge in [0.2, 0.25) is 0 Å². The van der Waals surface area contributed by atoms with Crippen LogP contribution in [0, 0.1) is 24.7 Å². The summed E-state index contributed by atoms with van der Waals surface area (Å²) in [5, 5.41) is 0. The molecule has 3 rings (SSSR count). The molecule has 2 unspecified atom stereocenters. The molecule has 0 radical (unpaired) electrons. The lowest BCUT2D eigenvalue weighted by atomic mass is 9.92. The van der Waals surface area contributed by atoms with Crippen molar-refractivity contribution in [2.45, 2.75) is 26.2 Å². The third kappa shape index (κ3) is 1.53. The van der Waals surface area contributed by atoms with Crippen molar-refractivity contribution in [3.63, 3.8) is 0 Å². The molecule has 16 heavy (non-hydrogen) atoms. The highest BCUT2D eigenvalue weighted by molar-refractivity contribution is 5.98. The molecule has 0 saturated heterocycles. The number of benzene rings is 1. The van der Waals surface area contributed by atoms with Crippen LogP contribution in [-0.2, 0) is 0 Å². The van der Waals surface area contributed by atoms with Crippen molar-refractivity contribution in [2.24, 2.45) is 17.8 Å². The van der Waals surface area contributed by atoms with Crippen LogP contribution in [0.2, 0.25) is 0 Å². The number of nitrogen functional groups attached to an aromatic ring is 1. The first-order chi connectivity index (χ1) is 7.65. The lowest BCUT2D eigenvalue weighted by Gasteiger charge is -2.11. The van der Waals surface area contributed by atoms with E-state index in [4.69, 9.17) is 5.73 Å². The number of hydrogen-bond donors (Lipinski definition) is 1. The van der Waals surface area contributed by atoms with E-state index >= 15 is 0 Å². The molecule has 0 aliphatic heterocycles. The number of hydrogen-bond acceptors (Lipinski definition) is 2. The maximum absolute atomic E-state index is 12.2. The predicted molar refractivity (Wildman–Crippen MR) is 64.2 cm³/mol. The molecule has 2 atom stereocenters. The minimum atomic E-state index is 0.284. The average Bonchev–Trinajstić information content (AvgIpc) is 2.89. The van der Waals surface area contributed by atoms with Gasteiger partial charge in [0.15, 0.2) is 5.78 Å². The van der Waals surface area contributed by atoms with Gasteiger partial charge in [-0.2, -0.15) is 0 Å². The fraction of sp³-hybridized carbons (Fsp3) is 0.500. The molecule has 2 saturated carbocycles. The summed E-state index contributed by atoms with van der Waals surface area (Å²) in [4.78, 5) is 12.2. The van der Waals surface area contributed by atoms with E-state index < -0.39 is 0 Å². The molecule has 2 fully saturated rings. The van der Waals surface area contributed by atoms with Crippen molar-refractivity contribution < 1.29 is 4.79 Å². The van der Waals surface area contributed by atoms with Crippen molar-refractivity contribution in [2.75, 3.05) is 5.73 Å². The van der Waals surface area contributed by atoms with Crippen LogP contribution < -0.4 is 5.73 Å². The van der Waals surface area contributed by atoms with Gasteiger partial charge in [0, 0.05) is 17.2 Å². The zero-order valence-electron chi connectivity index (χ0n) is 9.57. The number of anilines is 1. The molecule has 2 nitrogen and oxygen atoms in total. The van der Waals surface area contributed by atoms with Crippen LogP contribution in [0.1, 0.15) is 35.2 Å². The van der Waals surface area contributed by atoms with Crippen molar-refractivity contribution in [3.8, 4) is 0 Å². The summed E-state index contributed by atoms with van der Waals surface area (Å²) in [7, 11) is 0. The van der Waals surface area contributed by atoms with E-state index in [-0.39, 0.29) is 5.92 Å². The molecule has 2 N–H and O–H groups in total. The van der Waals surface area contributed by atoms with Crippen LogP contribution in [0.25, 0.3) is 0 Å². The van der Waals surface area contributed by atoms with Crippen LogP contribution in [0.3, 0.4) is 0 Å². The number of nitrogens with two attached hydrogens (primary N) is 1. The summed E-state index contributed by atoms with van der Waals surface area (Å²) >= 11 is 0. The van der Waals surface area contributed by atoms with Crippen molar-refractivity contribution in [3.05, 3.63) is 29.3 Å². The monoisotopic (exact) mass is 215 g/mol. The van der Waals surface area contributed by atoms with Gasteiger partial charge in [-0.25, -0.2) is 0 Å². The standard InChI is InChI=1S/C14H17NO/c1-8-4-9(2-3-13(8)15)14(16)12-6-10-5-11(10)7-12/h2-4,10-12H,5-7,15H2,1H3. The van der Waals surface area contributed by atoms with Gasteiger partial charge in [-0.15, -0.1) is 0 Å². The topological polar surface area (TPSA) is 43.1 Å². The minimum Gasteiger partial charge on any atom is -0.399 e. The lowest BCUT2D eigenvalue weighted by Crippen LogP contribution is -2.13. The average molecular weight is 215 g/mol. The maximum atomic E-state index is 12.2. The van der Waals surface area contributed by atoms with E-state index in [0.717, 1.165) is 41.5 Å². The normalized spacial score (nSPS) is 31.2. The van der Waals surface area contributed by atoms with Crippen LogP contribution >= 0.6 is 0 Å². The third-order valence-corrected chi connectivity index (χ3v) is 4.17. The molecule has 84 valence electrons. The van der Waals surface area contributed by atoms with E-state index in [2.05, 4.69) is 0 Å². The van der Waals surface area contributed by atoms with Gasteiger partial charge < -0.3 is 5.73 Å². The Morgan fingerprint density at radius 1 is 1.25 bits per heavy atom. The Morgan fingerprint density at radius 3 is 2.56 bits per heavy atom. The second kappa shape index (κ2) is 3.34. The first-order valence-electron chi connectivity index (χ1n) is 6.05. The van der Waals surface area contributed by atoms with Crippen LogP contribution in [0.5, 0.6) is 0 Å². The maximum Gasteiger partial charge on any atom is 0.165 e. The van der Waals surface area contributed by atoms with Crippen molar-refractivity contribution >= 4 is 11.5 Å². The molecule has 0 spiro atoms. The molecule has 0 bridgehead atoms. The lowest BCUT2D eigenvalue weighted by molar-refractivity contribution is 0.0914. The second-order valence-electron chi connectivity index (χ2n) is 5.36. The summed E-state index contributed by atoms with van der Waals surface area (Å²) < 4.78 is 0. The van der Waals surface area contributed by atoms with Crippen LogP contribution in [0.15, 0.2) is 18.2 Å². The van der Waals surface area contributed by atoms with E-state index in [1.165, 1.54) is 6.42 Å². The molecule has 2 heteroatoms. The van der Waals surface area contributed by atoms with E-state index in [0.29, 0.717) is 5.78 Å². The quantitative estimate of drug-likeness (QED) is 0.609. The van der Waals surface area contributed by atoms with Gasteiger partial charge >= 0.3 is 0 Å². The third-order valence-electron chi connectivity index (χ3n) is 4.17. The van der Waals surface area contributed by atoms with Gasteiger partial charge in [-0.3, -0.25) is 4.79 Å². The zero-order valence-corrected chi connectivity index (χ0v) is 9.57. The summed E-state index contributed by atoms with van der Waals surface area (Å²) in [5.74, 6) is 2.34. The fourth-order valence-electron chi connectivity index (χ4n) is 2.99. The van der Waals surface area contributed by atoms with E-state index in [1.807, 2.05) is 25.1 Å². The Labute approximate surface area is 95.8 Å². The first-order valence-corrected chi connectivity index (χ1v) is 6.05. The first kappa shape index (κ1) is 9.88. The Balaban J connectivity index is 1.80. The molecule has 0 aromatic heterocycles. The number of aryl methyl sites for hydroxylation is 1. The Kier molecular flexibility index (Phi) is 2.06. The summed E-state index contributed by atoms with van der Waals surface area (Å²) in [6.45, 7) is 1.96. The summed E-state index contributed by atoms with van der Waals surface area (Å²) in [6, 6.07) is 5.65. The number of Topliss-reactive ketones (excluding diaryl/α,β-unsaturated/α-hetero) is 1. The van der Waals surface area contributed by atoms with Gasteiger partial charge in [0.1, 0.15) is 0 Å². The van der Waals surface area contributed by atoms with Gasteiger partial charge in [-0.05, 0) is 61.8 Å². The number of rotatable bonds is 2. The highest BCUT2D eigenvalue weighted by Gasteiger charge is 2.47. The Hall–Kier alpha value is -1.31. The SMILES string of the molecule is Cc1cc(C(=O)C2CC3CC3C2)ccc1N. The number of ketones is 1. The van der Waals surface area contributed by atoms with Gasteiger partial charge in [0.05, 0.1) is 0 Å². The van der Waals surface area contributed by atoms with Crippen LogP contribution in [0.4, 0.5) is 5.69 Å². The Morgan fingerprint density at radius 2 is 1.94 bits per heavy atom. The molecule has 2 aliphatic rings. The highest BCUT2D eigenvalue weighted by Crippen LogP contribution is 2.54. The van der Waals surface area contributed by atoms with Crippen molar-refractivity contribution in [1.82, 2.24) is 0 Å². The van der Waals surface area contributed by atoms with Crippen LogP contribution in [-0.4, -0.2) is 5.78 Å². The molecule has 0 amide bonds. The summed E-state index contributed by atoms with van der Waals surface area (Å²) in [5.41, 5.74) is 8.38. The largest absolute Gasteiger partial charge is 0.399 e. The Bertz CT molecular complexity index is 442. The minimum absolute atomic E-state index is 0.284. The molecular formula is C14H17NO. The second-order valence-corrected chi connectivity index (χ2v) is 5.36. The van der Waals surface area contributed by atoms with E-state index in [1.54, 1.807) is 0 Å². The predicted octanol–water partition coefficient (Wildman–Crippen LogP) is 2.81.